The number of nitrogens with one attached hydrogen (secondary N) is 2. The molecule has 1 amide bonds. The summed E-state index contributed by atoms with van der Waals surface area (Å²) in [6.07, 6.45) is 0. The standard InChI is InChI=1S/C13H15FN4O/c1-7(2)11-16-12(18-17-11)13(19)15-10-6-4-5-9(14)8(10)3/h4-7H,1-3H3,(H,15,19)(H,16,17,18). The molecule has 2 rings (SSSR count). The lowest BCUT2D eigenvalue weighted by atomic mass is 10.2. The Labute approximate surface area is 110 Å². The Kier molecular flexibility index (Phi) is 3.59. The maximum absolute atomic E-state index is 13.4. The Balaban J connectivity index is 2.18. The van der Waals surface area contributed by atoms with Crippen molar-refractivity contribution in [1.82, 2.24) is 15.2 Å². The van der Waals surface area contributed by atoms with Crippen LogP contribution in [0.4, 0.5) is 10.1 Å². The molecule has 6 heteroatoms. The van der Waals surface area contributed by atoms with Crippen molar-refractivity contribution >= 4 is 11.6 Å². The van der Waals surface area contributed by atoms with Gasteiger partial charge in [-0.15, -0.1) is 5.10 Å². The predicted molar refractivity (Wildman–Crippen MR) is 69.6 cm³/mol. The molecule has 19 heavy (non-hydrogen) atoms. The van der Waals surface area contributed by atoms with Gasteiger partial charge >= 0.3 is 0 Å². The molecule has 0 unspecified atom stereocenters. The summed E-state index contributed by atoms with van der Waals surface area (Å²) in [4.78, 5) is 16.0. The van der Waals surface area contributed by atoms with Gasteiger partial charge in [-0.05, 0) is 19.1 Å². The van der Waals surface area contributed by atoms with Crippen LogP contribution in [-0.4, -0.2) is 21.1 Å². The van der Waals surface area contributed by atoms with Crippen molar-refractivity contribution < 1.29 is 9.18 Å². The van der Waals surface area contributed by atoms with Gasteiger partial charge in [-0.3, -0.25) is 9.89 Å². The topological polar surface area (TPSA) is 70.7 Å². The van der Waals surface area contributed by atoms with Gasteiger partial charge in [-0.25, -0.2) is 9.37 Å². The normalized spacial score (nSPS) is 10.8. The number of benzene rings is 1. The molecular weight excluding hydrogens is 247 g/mol. The highest BCUT2D eigenvalue weighted by molar-refractivity contribution is 6.01. The Morgan fingerprint density at radius 1 is 1.42 bits per heavy atom. The Bertz CT molecular complexity index is 606. The second-order valence-electron chi connectivity index (χ2n) is 4.57. The molecule has 1 aromatic carbocycles. The molecule has 0 aliphatic rings. The smallest absolute Gasteiger partial charge is 0.295 e. The minimum atomic E-state index is -0.461. The number of hydrogen-bond donors (Lipinski definition) is 2. The zero-order valence-corrected chi connectivity index (χ0v) is 11.0. The SMILES string of the molecule is Cc1c(F)cccc1NC(=O)c1n[nH]c(C(C)C)n1. The lowest BCUT2D eigenvalue weighted by Gasteiger charge is -2.06. The highest BCUT2D eigenvalue weighted by Gasteiger charge is 2.15. The molecule has 0 aliphatic heterocycles. The van der Waals surface area contributed by atoms with E-state index in [2.05, 4.69) is 20.5 Å². The van der Waals surface area contributed by atoms with Gasteiger partial charge in [0.2, 0.25) is 5.82 Å². The first kappa shape index (κ1) is 13.2. The average molecular weight is 262 g/mol. The van der Waals surface area contributed by atoms with Crippen molar-refractivity contribution in [1.29, 1.82) is 0 Å². The highest BCUT2D eigenvalue weighted by Crippen LogP contribution is 2.18. The van der Waals surface area contributed by atoms with E-state index in [0.29, 0.717) is 17.1 Å². The summed E-state index contributed by atoms with van der Waals surface area (Å²) in [6, 6.07) is 4.51. The number of anilines is 1. The molecule has 2 aromatic rings. The van der Waals surface area contributed by atoms with Crippen LogP contribution < -0.4 is 5.32 Å². The maximum atomic E-state index is 13.4. The third-order valence-corrected chi connectivity index (χ3v) is 2.77. The maximum Gasteiger partial charge on any atom is 0.295 e. The van der Waals surface area contributed by atoms with E-state index in [0.717, 1.165) is 0 Å². The summed E-state index contributed by atoms with van der Waals surface area (Å²) in [5, 5.41) is 9.14. The fraction of sp³-hybridized carbons (Fsp3) is 0.308. The van der Waals surface area contributed by atoms with E-state index < -0.39 is 5.91 Å². The van der Waals surface area contributed by atoms with E-state index in [1.165, 1.54) is 12.1 Å². The Morgan fingerprint density at radius 2 is 2.16 bits per heavy atom. The number of H-pyrrole nitrogens is 1. The molecule has 1 heterocycles. The Hall–Kier alpha value is -2.24. The summed E-state index contributed by atoms with van der Waals surface area (Å²) in [5.41, 5.74) is 0.802. The summed E-state index contributed by atoms with van der Waals surface area (Å²) >= 11 is 0. The Morgan fingerprint density at radius 3 is 2.79 bits per heavy atom. The molecule has 0 atom stereocenters. The number of hydrogen-bond acceptors (Lipinski definition) is 3. The molecule has 100 valence electrons. The molecule has 0 radical (unpaired) electrons. The summed E-state index contributed by atoms with van der Waals surface area (Å²) in [5.74, 6) is 0.0194. The number of aromatic nitrogens is 3. The van der Waals surface area contributed by atoms with Gasteiger partial charge < -0.3 is 5.32 Å². The van der Waals surface area contributed by atoms with Crippen LogP contribution in [0.2, 0.25) is 0 Å². The number of rotatable bonds is 3. The largest absolute Gasteiger partial charge is 0.319 e. The van der Waals surface area contributed by atoms with E-state index in [1.54, 1.807) is 13.0 Å². The second-order valence-corrected chi connectivity index (χ2v) is 4.57. The van der Waals surface area contributed by atoms with E-state index in [-0.39, 0.29) is 17.6 Å². The van der Waals surface area contributed by atoms with E-state index >= 15 is 0 Å². The predicted octanol–water partition coefficient (Wildman–Crippen LogP) is 2.63. The zero-order chi connectivity index (χ0) is 14.0. The number of halogens is 1. The molecule has 0 saturated carbocycles. The van der Waals surface area contributed by atoms with Crippen molar-refractivity contribution in [2.75, 3.05) is 5.32 Å². The van der Waals surface area contributed by atoms with Crippen LogP contribution >= 0.6 is 0 Å². The van der Waals surface area contributed by atoms with Gasteiger partial charge in [-0.1, -0.05) is 19.9 Å². The molecule has 2 N–H and O–H groups in total. The first-order valence-electron chi connectivity index (χ1n) is 5.97. The summed E-state index contributed by atoms with van der Waals surface area (Å²) in [6.45, 7) is 5.49. The molecule has 0 saturated heterocycles. The van der Waals surface area contributed by atoms with Crippen LogP contribution in [0.3, 0.4) is 0 Å². The van der Waals surface area contributed by atoms with Crippen LogP contribution in [0, 0.1) is 12.7 Å². The molecular formula is C13H15FN4O. The summed E-state index contributed by atoms with van der Waals surface area (Å²) < 4.78 is 13.4. The third-order valence-electron chi connectivity index (χ3n) is 2.77. The van der Waals surface area contributed by atoms with Crippen LogP contribution in [0.1, 0.15) is 41.8 Å². The molecule has 0 spiro atoms. The van der Waals surface area contributed by atoms with E-state index in [9.17, 15) is 9.18 Å². The minimum Gasteiger partial charge on any atom is -0.319 e. The minimum absolute atomic E-state index is 0.0485. The van der Waals surface area contributed by atoms with Crippen molar-refractivity contribution in [3.63, 3.8) is 0 Å². The first-order chi connectivity index (χ1) is 8.99. The van der Waals surface area contributed by atoms with Gasteiger partial charge in [0, 0.05) is 17.2 Å². The highest BCUT2D eigenvalue weighted by atomic mass is 19.1. The van der Waals surface area contributed by atoms with Crippen LogP contribution in [0.5, 0.6) is 0 Å². The number of carbonyl (C=O) groups is 1. The first-order valence-corrected chi connectivity index (χ1v) is 5.97. The second kappa shape index (κ2) is 5.17. The lowest BCUT2D eigenvalue weighted by molar-refractivity contribution is 0.101. The zero-order valence-electron chi connectivity index (χ0n) is 11.0. The van der Waals surface area contributed by atoms with E-state index in [4.69, 9.17) is 0 Å². The lowest BCUT2D eigenvalue weighted by Crippen LogP contribution is -2.15. The van der Waals surface area contributed by atoms with Gasteiger partial charge in [-0.2, -0.15) is 0 Å². The van der Waals surface area contributed by atoms with Crippen molar-refractivity contribution in [2.45, 2.75) is 26.7 Å². The number of amides is 1. The van der Waals surface area contributed by atoms with E-state index in [1.807, 2.05) is 13.8 Å². The molecule has 0 fully saturated rings. The van der Waals surface area contributed by atoms with Gasteiger partial charge in [0.15, 0.2) is 0 Å². The number of carbonyl (C=O) groups excluding carboxylic acids is 1. The molecule has 1 aromatic heterocycles. The van der Waals surface area contributed by atoms with Crippen molar-refractivity contribution in [2.24, 2.45) is 0 Å². The fourth-order valence-electron chi connectivity index (χ4n) is 1.56. The third kappa shape index (κ3) is 2.78. The van der Waals surface area contributed by atoms with Gasteiger partial charge in [0.05, 0.1) is 0 Å². The van der Waals surface area contributed by atoms with Crippen LogP contribution in [-0.2, 0) is 0 Å². The number of aromatic amines is 1. The fourth-order valence-corrected chi connectivity index (χ4v) is 1.56. The van der Waals surface area contributed by atoms with Crippen molar-refractivity contribution in [3.8, 4) is 0 Å². The summed E-state index contributed by atoms with van der Waals surface area (Å²) in [7, 11) is 0. The average Bonchev–Trinajstić information content (AvgIpc) is 2.84. The number of nitrogens with zero attached hydrogens (tertiary/aromatic N) is 2. The molecule has 0 aliphatic carbocycles. The van der Waals surface area contributed by atoms with Gasteiger partial charge in [0.25, 0.3) is 5.91 Å². The van der Waals surface area contributed by atoms with Crippen molar-refractivity contribution in [3.05, 3.63) is 41.2 Å². The monoisotopic (exact) mass is 262 g/mol. The van der Waals surface area contributed by atoms with Crippen LogP contribution in [0.15, 0.2) is 18.2 Å². The van der Waals surface area contributed by atoms with Gasteiger partial charge in [0.1, 0.15) is 11.6 Å². The van der Waals surface area contributed by atoms with Crippen LogP contribution in [0.25, 0.3) is 0 Å². The molecule has 5 nitrogen and oxygen atoms in total. The molecule has 0 bridgehead atoms. The quantitative estimate of drug-likeness (QED) is 0.893.